The number of unbranched alkanes of at least 4 members (excludes halogenated alkanes) is 3. The molecule has 0 aliphatic carbocycles. The van der Waals surface area contributed by atoms with E-state index in [9.17, 15) is 0 Å². The summed E-state index contributed by atoms with van der Waals surface area (Å²) in [5.74, 6) is 0. The Morgan fingerprint density at radius 2 is 1.55 bits per heavy atom. The van der Waals surface area contributed by atoms with E-state index in [1.165, 1.54) is 19.3 Å². The molecule has 0 aliphatic rings. The summed E-state index contributed by atoms with van der Waals surface area (Å²) in [5.41, 5.74) is 0.394. The maximum atomic E-state index is 6.43. The highest BCUT2D eigenvalue weighted by Crippen LogP contribution is 2.42. The van der Waals surface area contributed by atoms with Gasteiger partial charge in [-0.3, -0.25) is 0 Å². The third-order valence-corrected chi connectivity index (χ3v) is 10.9. The lowest BCUT2D eigenvalue weighted by atomic mass is 10.1. The second-order valence-corrected chi connectivity index (χ2v) is 23.5. The van der Waals surface area contributed by atoms with Gasteiger partial charge in [-0.2, -0.15) is 0 Å². The first-order chi connectivity index (χ1) is 8.99. The van der Waals surface area contributed by atoms with Gasteiger partial charge in [-0.1, -0.05) is 45.7 Å². The summed E-state index contributed by atoms with van der Waals surface area (Å²) < 4.78 is 6.43. The molecule has 20 heavy (non-hydrogen) atoms. The van der Waals surface area contributed by atoms with Crippen LogP contribution in [0.15, 0.2) is 0 Å². The van der Waals surface area contributed by atoms with E-state index in [0.717, 1.165) is 12.8 Å². The molecule has 1 nitrogen and oxygen atoms in total. The monoisotopic (exact) mass is 392 g/mol. The molecule has 0 spiro atoms. The fourth-order valence-electron chi connectivity index (χ4n) is 2.40. The van der Waals surface area contributed by atoms with Crippen molar-refractivity contribution in [3.63, 3.8) is 0 Å². The molecular weight excluding hydrogens is 363 g/mol. The molecule has 0 aromatic rings. The SMILES string of the molecule is CCCCCCC(C(O[Si](C)(C)C)[SiH](C)C)[Si](Cl)(Cl)Cl. The second-order valence-electron chi connectivity index (χ2n) is 6.94. The zero-order valence-electron chi connectivity index (χ0n) is 13.8. The molecule has 2 atom stereocenters. The Balaban J connectivity index is 4.85. The standard InChI is InChI=1S/C13H31Cl3OSi3/c1-7-8-9-10-11-12(20(14,15)16)13(18(2)3)17-19(4,5)6/h12-13,18H,7-11H2,1-6H3. The molecule has 0 heterocycles. The van der Waals surface area contributed by atoms with Crippen LogP contribution >= 0.6 is 33.2 Å². The van der Waals surface area contributed by atoms with E-state index in [1.807, 2.05) is 0 Å². The third kappa shape index (κ3) is 9.49. The van der Waals surface area contributed by atoms with Gasteiger partial charge in [0.1, 0.15) is 0 Å². The van der Waals surface area contributed by atoms with E-state index in [0.29, 0.717) is 0 Å². The van der Waals surface area contributed by atoms with Crippen LogP contribution in [0.1, 0.15) is 39.0 Å². The van der Waals surface area contributed by atoms with Gasteiger partial charge in [0.15, 0.2) is 8.32 Å². The minimum atomic E-state index is -2.72. The van der Waals surface area contributed by atoms with Crippen LogP contribution in [0, 0.1) is 0 Å². The average Bonchev–Trinajstić information content (AvgIpc) is 2.23. The molecule has 0 saturated heterocycles. The lowest BCUT2D eigenvalue weighted by Crippen LogP contribution is -2.46. The normalized spacial score (nSPS) is 16.5. The molecule has 0 amide bonds. The van der Waals surface area contributed by atoms with E-state index in [4.69, 9.17) is 37.7 Å². The minimum absolute atomic E-state index is 0.169. The quantitative estimate of drug-likeness (QED) is 0.243. The summed E-state index contributed by atoms with van der Waals surface area (Å²) in [4.78, 5) is 0. The van der Waals surface area contributed by atoms with E-state index >= 15 is 0 Å². The summed E-state index contributed by atoms with van der Waals surface area (Å²) in [6.07, 6.45) is 5.92. The summed E-state index contributed by atoms with van der Waals surface area (Å²) in [6, 6.07) is -2.72. The first-order valence-corrected chi connectivity index (χ1v) is 19.2. The van der Waals surface area contributed by atoms with Crippen LogP contribution in [-0.4, -0.2) is 28.8 Å². The highest BCUT2D eigenvalue weighted by Gasteiger charge is 2.44. The topological polar surface area (TPSA) is 9.23 Å². The van der Waals surface area contributed by atoms with Gasteiger partial charge in [0.05, 0.1) is 8.80 Å². The number of hydrogen-bond donors (Lipinski definition) is 0. The zero-order valence-corrected chi connectivity index (χ0v) is 19.2. The molecule has 0 rings (SSSR count). The first-order valence-electron chi connectivity index (χ1n) is 7.73. The Morgan fingerprint density at radius 1 is 1.00 bits per heavy atom. The average molecular weight is 394 g/mol. The lowest BCUT2D eigenvalue weighted by molar-refractivity contribution is 0.249. The molecule has 0 aromatic carbocycles. The van der Waals surface area contributed by atoms with Crippen LogP contribution in [0.4, 0.5) is 0 Å². The molecule has 0 aromatic heterocycles. The van der Waals surface area contributed by atoms with Crippen LogP contribution in [0.5, 0.6) is 0 Å². The Morgan fingerprint density at radius 3 is 1.90 bits per heavy atom. The molecule has 7 heteroatoms. The van der Waals surface area contributed by atoms with Gasteiger partial charge in [-0.15, -0.1) is 33.2 Å². The summed E-state index contributed by atoms with van der Waals surface area (Å²) in [6.45, 7) is 13.5. The lowest BCUT2D eigenvalue weighted by Gasteiger charge is -2.37. The number of rotatable bonds is 10. The summed E-state index contributed by atoms with van der Waals surface area (Å²) >= 11 is 19.2. The summed E-state index contributed by atoms with van der Waals surface area (Å²) in [7, 11) is -2.61. The van der Waals surface area contributed by atoms with Crippen LogP contribution in [-0.2, 0) is 4.43 Å². The highest BCUT2D eigenvalue weighted by atomic mass is 35.8. The van der Waals surface area contributed by atoms with Gasteiger partial charge < -0.3 is 4.43 Å². The van der Waals surface area contributed by atoms with Crippen LogP contribution < -0.4 is 0 Å². The van der Waals surface area contributed by atoms with E-state index < -0.39 is 23.1 Å². The Labute approximate surface area is 143 Å². The van der Waals surface area contributed by atoms with Crippen molar-refractivity contribution < 1.29 is 4.43 Å². The van der Waals surface area contributed by atoms with Gasteiger partial charge in [0.25, 0.3) is 0 Å². The van der Waals surface area contributed by atoms with Crippen LogP contribution in [0.3, 0.4) is 0 Å². The maximum absolute atomic E-state index is 6.43. The Hall–Kier alpha value is 1.48. The van der Waals surface area contributed by atoms with Crippen molar-refractivity contribution in [2.45, 2.75) is 83.0 Å². The highest BCUT2D eigenvalue weighted by molar-refractivity contribution is 7.65. The van der Waals surface area contributed by atoms with Gasteiger partial charge in [-0.25, -0.2) is 0 Å². The van der Waals surface area contributed by atoms with Crippen molar-refractivity contribution >= 4 is 56.4 Å². The minimum Gasteiger partial charge on any atom is -0.418 e. The summed E-state index contributed by atoms with van der Waals surface area (Å²) in [5, 5.41) is 0. The van der Waals surface area contributed by atoms with E-state index in [2.05, 4.69) is 39.7 Å². The van der Waals surface area contributed by atoms with E-state index in [-0.39, 0.29) is 11.3 Å². The fourth-order valence-corrected chi connectivity index (χ4v) is 13.1. The molecule has 0 N–H and O–H groups in total. The first kappa shape index (κ1) is 21.5. The maximum Gasteiger partial charge on any atom is 0.346 e. The van der Waals surface area contributed by atoms with Crippen molar-refractivity contribution in [2.75, 3.05) is 0 Å². The fraction of sp³-hybridized carbons (Fsp3) is 1.00. The molecule has 0 bridgehead atoms. The smallest absolute Gasteiger partial charge is 0.346 e. The predicted molar refractivity (Wildman–Crippen MR) is 103 cm³/mol. The van der Waals surface area contributed by atoms with Crippen molar-refractivity contribution in [3.05, 3.63) is 0 Å². The zero-order chi connectivity index (χ0) is 16.0. The van der Waals surface area contributed by atoms with Gasteiger partial charge in [-0.05, 0) is 26.1 Å². The third-order valence-electron chi connectivity index (χ3n) is 3.33. The second kappa shape index (κ2) is 9.58. The van der Waals surface area contributed by atoms with Crippen LogP contribution in [0.25, 0.3) is 0 Å². The molecule has 0 radical (unpaired) electrons. The molecule has 0 fully saturated rings. The number of halogens is 3. The Bertz CT molecular complexity index is 265. The van der Waals surface area contributed by atoms with Crippen molar-refractivity contribution in [1.29, 1.82) is 0 Å². The van der Waals surface area contributed by atoms with Crippen LogP contribution in [0.2, 0.25) is 38.3 Å². The molecule has 2 unspecified atom stereocenters. The molecule has 122 valence electrons. The molecule has 0 aliphatic heterocycles. The predicted octanol–water partition coefficient (Wildman–Crippen LogP) is 6.23. The van der Waals surface area contributed by atoms with Gasteiger partial charge in [0, 0.05) is 11.3 Å². The molecule has 0 saturated carbocycles. The van der Waals surface area contributed by atoms with Crippen molar-refractivity contribution in [3.8, 4) is 0 Å². The van der Waals surface area contributed by atoms with Crippen molar-refractivity contribution in [2.24, 2.45) is 0 Å². The van der Waals surface area contributed by atoms with Gasteiger partial charge in [0.2, 0.25) is 0 Å². The molecular formula is C13H31Cl3OSi3. The van der Waals surface area contributed by atoms with E-state index in [1.54, 1.807) is 0 Å². The Kier molecular flexibility index (Phi) is 10.3. The van der Waals surface area contributed by atoms with Gasteiger partial charge >= 0.3 is 6.00 Å². The van der Waals surface area contributed by atoms with Crippen molar-refractivity contribution in [1.82, 2.24) is 0 Å². The largest absolute Gasteiger partial charge is 0.418 e. The number of hydrogen-bond acceptors (Lipinski definition) is 1.